The highest BCUT2D eigenvalue weighted by Crippen LogP contribution is 2.20. The summed E-state index contributed by atoms with van der Waals surface area (Å²) in [5.41, 5.74) is 2.66. The van der Waals surface area contributed by atoms with Crippen LogP contribution in [0.4, 0.5) is 5.69 Å². The van der Waals surface area contributed by atoms with E-state index in [1.54, 1.807) is 24.5 Å². The van der Waals surface area contributed by atoms with Gasteiger partial charge in [0.2, 0.25) is 17.6 Å². The van der Waals surface area contributed by atoms with Crippen molar-refractivity contribution in [2.24, 2.45) is 0 Å². The standard InChI is InChI=1S/C17H15BrN4O2/c1-11-10-13(2-3-14(11)18)20-15(23)4-5-16-21-17(22-24-16)12-6-8-19-9-7-12/h2-3,6-10H,4-5H2,1H3,(H,20,23). The highest BCUT2D eigenvalue weighted by molar-refractivity contribution is 9.10. The fraction of sp³-hybridized carbons (Fsp3) is 0.176. The van der Waals surface area contributed by atoms with E-state index in [0.29, 0.717) is 18.1 Å². The van der Waals surface area contributed by atoms with Crippen LogP contribution in [0.25, 0.3) is 11.4 Å². The molecule has 3 rings (SSSR count). The molecule has 2 heterocycles. The van der Waals surface area contributed by atoms with E-state index in [1.807, 2.05) is 25.1 Å². The van der Waals surface area contributed by atoms with Crippen LogP contribution in [0, 0.1) is 6.92 Å². The van der Waals surface area contributed by atoms with E-state index < -0.39 is 0 Å². The number of carbonyl (C=O) groups is 1. The molecule has 2 aromatic heterocycles. The van der Waals surface area contributed by atoms with Crippen molar-refractivity contribution in [3.8, 4) is 11.4 Å². The maximum atomic E-state index is 12.0. The highest BCUT2D eigenvalue weighted by Gasteiger charge is 2.11. The quantitative estimate of drug-likeness (QED) is 0.721. The summed E-state index contributed by atoms with van der Waals surface area (Å²) in [6.45, 7) is 1.97. The van der Waals surface area contributed by atoms with Gasteiger partial charge >= 0.3 is 0 Å². The Balaban J connectivity index is 1.56. The summed E-state index contributed by atoms with van der Waals surface area (Å²) in [5, 5.41) is 6.78. The number of nitrogens with zero attached hydrogens (tertiary/aromatic N) is 3. The van der Waals surface area contributed by atoms with E-state index in [0.717, 1.165) is 21.3 Å². The molecule has 0 unspecified atom stereocenters. The van der Waals surface area contributed by atoms with Gasteiger partial charge in [0.05, 0.1) is 0 Å². The molecule has 0 saturated carbocycles. The molecule has 6 nitrogen and oxygen atoms in total. The van der Waals surface area contributed by atoms with Crippen molar-refractivity contribution >= 4 is 27.5 Å². The third-order valence-electron chi connectivity index (χ3n) is 3.41. The maximum absolute atomic E-state index is 12.0. The van der Waals surface area contributed by atoms with E-state index in [9.17, 15) is 4.79 Å². The third-order valence-corrected chi connectivity index (χ3v) is 4.30. The van der Waals surface area contributed by atoms with E-state index >= 15 is 0 Å². The fourth-order valence-corrected chi connectivity index (χ4v) is 2.39. The van der Waals surface area contributed by atoms with Crippen LogP contribution in [0.2, 0.25) is 0 Å². The fourth-order valence-electron chi connectivity index (χ4n) is 2.14. The number of aromatic nitrogens is 3. The van der Waals surface area contributed by atoms with Gasteiger partial charge in [0.25, 0.3) is 0 Å². The first-order chi connectivity index (χ1) is 11.6. The summed E-state index contributed by atoms with van der Waals surface area (Å²) in [6.07, 6.45) is 3.99. The van der Waals surface area contributed by atoms with Gasteiger partial charge in [0, 0.05) is 41.0 Å². The number of rotatable bonds is 5. The number of aryl methyl sites for hydroxylation is 2. The van der Waals surface area contributed by atoms with Gasteiger partial charge in [0.1, 0.15) is 0 Å². The molecule has 0 atom stereocenters. The molecular weight excluding hydrogens is 372 g/mol. The molecule has 0 spiro atoms. The van der Waals surface area contributed by atoms with Gasteiger partial charge in [-0.15, -0.1) is 0 Å². The Hall–Kier alpha value is -2.54. The minimum atomic E-state index is -0.0969. The number of carbonyl (C=O) groups excluding carboxylic acids is 1. The summed E-state index contributed by atoms with van der Waals surface area (Å²) in [7, 11) is 0. The zero-order chi connectivity index (χ0) is 16.9. The second-order valence-corrected chi connectivity index (χ2v) is 6.11. The zero-order valence-electron chi connectivity index (χ0n) is 13.0. The summed E-state index contributed by atoms with van der Waals surface area (Å²) in [5.74, 6) is 0.834. The van der Waals surface area contributed by atoms with Crippen LogP contribution in [0.5, 0.6) is 0 Å². The predicted octanol–water partition coefficient (Wildman–Crippen LogP) is 3.77. The van der Waals surface area contributed by atoms with Crippen LogP contribution in [-0.4, -0.2) is 21.0 Å². The Morgan fingerprint density at radius 2 is 2.04 bits per heavy atom. The van der Waals surface area contributed by atoms with Crippen molar-refractivity contribution in [1.29, 1.82) is 0 Å². The molecule has 1 N–H and O–H groups in total. The third kappa shape index (κ3) is 4.05. The monoisotopic (exact) mass is 386 g/mol. The molecule has 0 saturated heterocycles. The first kappa shape index (κ1) is 16.3. The molecular formula is C17H15BrN4O2. The van der Waals surface area contributed by atoms with Gasteiger partial charge in [-0.05, 0) is 42.8 Å². The number of nitrogens with one attached hydrogen (secondary N) is 1. The predicted molar refractivity (Wildman–Crippen MR) is 93.4 cm³/mol. The number of hydrogen-bond acceptors (Lipinski definition) is 5. The van der Waals surface area contributed by atoms with Gasteiger partial charge in [-0.25, -0.2) is 0 Å². The molecule has 1 aromatic carbocycles. The van der Waals surface area contributed by atoms with Crippen molar-refractivity contribution in [1.82, 2.24) is 15.1 Å². The average Bonchev–Trinajstić information content (AvgIpc) is 3.06. The van der Waals surface area contributed by atoms with Crippen molar-refractivity contribution in [3.05, 3.63) is 58.7 Å². The van der Waals surface area contributed by atoms with Crippen molar-refractivity contribution in [2.45, 2.75) is 19.8 Å². The zero-order valence-corrected chi connectivity index (χ0v) is 14.6. The highest BCUT2D eigenvalue weighted by atomic mass is 79.9. The van der Waals surface area contributed by atoms with Gasteiger partial charge in [-0.2, -0.15) is 4.98 Å². The van der Waals surface area contributed by atoms with Crippen LogP contribution >= 0.6 is 15.9 Å². The molecule has 0 aliphatic heterocycles. The average molecular weight is 387 g/mol. The number of pyridine rings is 1. The molecule has 24 heavy (non-hydrogen) atoms. The van der Waals surface area contributed by atoms with Crippen LogP contribution < -0.4 is 5.32 Å². The summed E-state index contributed by atoms with van der Waals surface area (Å²) >= 11 is 3.43. The van der Waals surface area contributed by atoms with Crippen molar-refractivity contribution in [2.75, 3.05) is 5.32 Å². The lowest BCUT2D eigenvalue weighted by Gasteiger charge is -2.06. The molecule has 122 valence electrons. The first-order valence-electron chi connectivity index (χ1n) is 7.41. The van der Waals surface area contributed by atoms with Crippen LogP contribution in [-0.2, 0) is 11.2 Å². The maximum Gasteiger partial charge on any atom is 0.227 e. The molecule has 0 radical (unpaired) electrons. The van der Waals surface area contributed by atoms with E-state index in [2.05, 4.69) is 36.4 Å². The van der Waals surface area contributed by atoms with Crippen molar-refractivity contribution in [3.63, 3.8) is 0 Å². The number of benzene rings is 1. The Morgan fingerprint density at radius 3 is 2.79 bits per heavy atom. The van der Waals surface area contributed by atoms with Crippen molar-refractivity contribution < 1.29 is 9.32 Å². The largest absolute Gasteiger partial charge is 0.339 e. The second kappa shape index (κ2) is 7.35. The van der Waals surface area contributed by atoms with Crippen LogP contribution in [0.3, 0.4) is 0 Å². The lowest BCUT2D eigenvalue weighted by Crippen LogP contribution is -2.12. The number of halogens is 1. The minimum Gasteiger partial charge on any atom is -0.339 e. The minimum absolute atomic E-state index is 0.0969. The van der Waals surface area contributed by atoms with Gasteiger partial charge in [-0.3, -0.25) is 9.78 Å². The molecule has 0 fully saturated rings. The number of hydrogen-bond donors (Lipinski definition) is 1. The topological polar surface area (TPSA) is 80.9 Å². The lowest BCUT2D eigenvalue weighted by molar-refractivity contribution is -0.116. The Kier molecular flexibility index (Phi) is 5.00. The number of anilines is 1. The summed E-state index contributed by atoms with van der Waals surface area (Å²) < 4.78 is 6.20. The van der Waals surface area contributed by atoms with Crippen LogP contribution in [0.15, 0.2) is 51.7 Å². The smallest absolute Gasteiger partial charge is 0.227 e. The van der Waals surface area contributed by atoms with Gasteiger partial charge < -0.3 is 9.84 Å². The SMILES string of the molecule is Cc1cc(NC(=O)CCc2nc(-c3ccncc3)no2)ccc1Br. The Morgan fingerprint density at radius 1 is 1.25 bits per heavy atom. The van der Waals surface area contributed by atoms with E-state index in [4.69, 9.17) is 4.52 Å². The van der Waals surface area contributed by atoms with E-state index in [1.165, 1.54) is 0 Å². The molecule has 1 amide bonds. The first-order valence-corrected chi connectivity index (χ1v) is 8.20. The molecule has 0 aliphatic rings. The number of amides is 1. The van der Waals surface area contributed by atoms with E-state index in [-0.39, 0.29) is 12.3 Å². The second-order valence-electron chi connectivity index (χ2n) is 5.26. The Bertz CT molecular complexity index is 849. The van der Waals surface area contributed by atoms with Crippen LogP contribution in [0.1, 0.15) is 17.9 Å². The van der Waals surface area contributed by atoms with Gasteiger partial charge in [-0.1, -0.05) is 21.1 Å². The molecule has 7 heteroatoms. The summed E-state index contributed by atoms with van der Waals surface area (Å²) in [6, 6.07) is 9.28. The molecule has 3 aromatic rings. The molecule has 0 bridgehead atoms. The molecule has 0 aliphatic carbocycles. The van der Waals surface area contributed by atoms with Gasteiger partial charge in [0.15, 0.2) is 0 Å². The Labute approximate surface area is 147 Å². The lowest BCUT2D eigenvalue weighted by atomic mass is 10.2. The summed E-state index contributed by atoms with van der Waals surface area (Å²) in [4.78, 5) is 20.3. The normalized spacial score (nSPS) is 10.6.